The van der Waals surface area contributed by atoms with Crippen molar-refractivity contribution in [2.45, 2.75) is 43.9 Å². The van der Waals surface area contributed by atoms with Crippen molar-refractivity contribution in [1.29, 1.82) is 0 Å². The molecule has 2 aromatic carbocycles. The number of carboxylic acid groups (broad SMARTS) is 1. The van der Waals surface area contributed by atoms with Gasteiger partial charge in [0.1, 0.15) is 12.4 Å². The average Bonchev–Trinajstić information content (AvgIpc) is 3.42. The Bertz CT molecular complexity index is 1760. The summed E-state index contributed by atoms with van der Waals surface area (Å²) < 4.78 is 32.4. The third-order valence-electron chi connectivity index (χ3n) is 8.40. The SMILES string of the molecule is C[C@@H](O)[C@H]1C(=O)N2C(C(=O)[O-])=C(CN3C(=O)c4cccc5c(CCn6cc[n+](C)c6)ccc(c45)S3(=O)=O)[C@H](C)[C@H]12. The highest BCUT2D eigenvalue weighted by Gasteiger charge is 2.59. The van der Waals surface area contributed by atoms with E-state index in [4.69, 9.17) is 0 Å². The van der Waals surface area contributed by atoms with E-state index in [1.165, 1.54) is 13.0 Å². The molecule has 0 bridgehead atoms. The quantitative estimate of drug-likeness (QED) is 0.307. The molecule has 0 aliphatic carbocycles. The highest BCUT2D eigenvalue weighted by atomic mass is 32.2. The molecule has 3 aliphatic heterocycles. The zero-order valence-corrected chi connectivity index (χ0v) is 23.0. The number of amides is 2. The fourth-order valence-electron chi connectivity index (χ4n) is 6.45. The number of rotatable bonds is 7. The molecule has 4 atom stereocenters. The van der Waals surface area contributed by atoms with Crippen LogP contribution in [0.1, 0.15) is 29.8 Å². The molecule has 0 spiro atoms. The number of carbonyl (C=O) groups excluding carboxylic acids is 3. The first-order valence-corrected chi connectivity index (χ1v) is 14.5. The number of sulfonamides is 1. The van der Waals surface area contributed by atoms with Crippen molar-refractivity contribution in [2.24, 2.45) is 18.9 Å². The molecule has 1 fully saturated rings. The van der Waals surface area contributed by atoms with E-state index in [1.54, 1.807) is 31.2 Å². The lowest BCUT2D eigenvalue weighted by molar-refractivity contribution is -0.671. The maximum Gasteiger partial charge on any atom is 0.268 e. The maximum atomic E-state index is 13.9. The van der Waals surface area contributed by atoms with Gasteiger partial charge in [0.15, 0.2) is 0 Å². The molecule has 6 rings (SSSR count). The number of benzene rings is 2. The van der Waals surface area contributed by atoms with Crippen LogP contribution in [0, 0.1) is 11.8 Å². The molecule has 1 aromatic heterocycles. The number of aromatic nitrogens is 2. The number of aliphatic carboxylic acids is 1. The van der Waals surface area contributed by atoms with E-state index in [0.717, 1.165) is 10.5 Å². The van der Waals surface area contributed by atoms with Gasteiger partial charge in [0.25, 0.3) is 15.9 Å². The van der Waals surface area contributed by atoms with Crippen LogP contribution in [0.2, 0.25) is 0 Å². The van der Waals surface area contributed by atoms with E-state index in [9.17, 15) is 33.0 Å². The smallest absolute Gasteiger partial charge is 0.268 e. The summed E-state index contributed by atoms with van der Waals surface area (Å²) in [5.41, 5.74) is 0.775. The van der Waals surface area contributed by atoms with Crippen molar-refractivity contribution >= 4 is 38.6 Å². The largest absolute Gasteiger partial charge is 0.543 e. The summed E-state index contributed by atoms with van der Waals surface area (Å²) in [4.78, 5) is 39.6. The molecule has 12 heteroatoms. The van der Waals surface area contributed by atoms with Crippen molar-refractivity contribution in [3.8, 4) is 0 Å². The van der Waals surface area contributed by atoms with Gasteiger partial charge in [-0.05, 0) is 35.6 Å². The standard InChI is InChI=1S/C28H28N4O7S/c1-15-20(25(28(36)37)32-24(15)22(16(2)33)27(32)35)13-31-26(34)19-6-4-5-18-17(9-10-30-12-11-29(3)14-30)7-8-21(23(18)19)40(31,38)39/h4-8,11-12,14-16,22,24,33H,9-10,13H2,1-3H3/t15-,16+,22+,24+/m0/s1. The number of nitrogens with zero attached hydrogens (tertiary/aromatic N) is 4. The highest BCUT2D eigenvalue weighted by Crippen LogP contribution is 2.48. The van der Waals surface area contributed by atoms with Crippen molar-refractivity contribution in [1.82, 2.24) is 13.8 Å². The lowest BCUT2D eigenvalue weighted by atomic mass is 9.78. The van der Waals surface area contributed by atoms with Crippen molar-refractivity contribution in [3.05, 3.63) is 71.4 Å². The predicted octanol–water partition coefficient (Wildman–Crippen LogP) is -0.285. The number of hydrogen-bond acceptors (Lipinski definition) is 7. The zero-order valence-electron chi connectivity index (χ0n) is 22.1. The van der Waals surface area contributed by atoms with E-state index < -0.39 is 64.0 Å². The van der Waals surface area contributed by atoms with Gasteiger partial charge in [-0.3, -0.25) is 9.59 Å². The fourth-order valence-corrected chi connectivity index (χ4v) is 8.03. The van der Waals surface area contributed by atoms with Crippen molar-refractivity contribution in [3.63, 3.8) is 0 Å². The van der Waals surface area contributed by atoms with Gasteiger partial charge in [-0.1, -0.05) is 25.1 Å². The van der Waals surface area contributed by atoms with Gasteiger partial charge in [0, 0.05) is 23.3 Å². The number of carboxylic acids is 1. The molecule has 2 amide bonds. The van der Waals surface area contributed by atoms with Crippen LogP contribution in [-0.2, 0) is 39.6 Å². The summed E-state index contributed by atoms with van der Waals surface area (Å²) in [5.74, 6) is -4.39. The Morgan fingerprint density at radius 3 is 2.60 bits per heavy atom. The Hall–Kier alpha value is -4.03. The molecule has 1 N–H and O–H groups in total. The normalized spacial score (nSPS) is 23.9. The minimum Gasteiger partial charge on any atom is -0.543 e. The van der Waals surface area contributed by atoms with Crippen LogP contribution in [0.15, 0.2) is 65.2 Å². The van der Waals surface area contributed by atoms with Crippen LogP contribution in [0.25, 0.3) is 10.8 Å². The van der Waals surface area contributed by atoms with E-state index >= 15 is 0 Å². The van der Waals surface area contributed by atoms with E-state index in [-0.39, 0.29) is 16.0 Å². The summed E-state index contributed by atoms with van der Waals surface area (Å²) in [6.45, 7) is 3.23. The van der Waals surface area contributed by atoms with Gasteiger partial charge < -0.3 is 19.9 Å². The van der Waals surface area contributed by atoms with E-state index in [0.29, 0.717) is 28.0 Å². The summed E-state index contributed by atoms with van der Waals surface area (Å²) >= 11 is 0. The van der Waals surface area contributed by atoms with Gasteiger partial charge >= 0.3 is 0 Å². The van der Waals surface area contributed by atoms with Crippen molar-refractivity contribution < 1.29 is 37.6 Å². The molecule has 3 aliphatic rings. The third-order valence-corrected chi connectivity index (χ3v) is 10.2. The van der Waals surface area contributed by atoms with E-state index in [1.807, 2.05) is 34.9 Å². The fraction of sp³-hybridized carbons (Fsp3) is 0.357. The van der Waals surface area contributed by atoms with Gasteiger partial charge in [-0.25, -0.2) is 21.9 Å². The van der Waals surface area contributed by atoms with Crippen LogP contribution in [0.4, 0.5) is 0 Å². The molecule has 1 saturated heterocycles. The molecule has 40 heavy (non-hydrogen) atoms. The van der Waals surface area contributed by atoms with Crippen LogP contribution < -0.4 is 9.67 Å². The molecule has 208 valence electrons. The first-order valence-electron chi connectivity index (χ1n) is 13.0. The summed E-state index contributed by atoms with van der Waals surface area (Å²) in [5, 5.41) is 23.2. The molecule has 0 radical (unpaired) electrons. The Morgan fingerprint density at radius 1 is 1.20 bits per heavy atom. The molecule has 0 unspecified atom stereocenters. The summed E-state index contributed by atoms with van der Waals surface area (Å²) in [7, 11) is -2.44. The van der Waals surface area contributed by atoms with Crippen LogP contribution in [0.3, 0.4) is 0 Å². The summed E-state index contributed by atoms with van der Waals surface area (Å²) in [6, 6.07) is 7.66. The maximum absolute atomic E-state index is 13.9. The lowest BCUT2D eigenvalue weighted by Crippen LogP contribution is -2.64. The van der Waals surface area contributed by atoms with Gasteiger partial charge in [-0.15, -0.1) is 0 Å². The molecular formula is C28H28N4O7S. The Kier molecular flexibility index (Phi) is 5.89. The zero-order chi connectivity index (χ0) is 28.7. The molecular weight excluding hydrogens is 536 g/mol. The number of aliphatic hydroxyl groups is 1. The molecule has 4 heterocycles. The number of aryl methyl sites for hydroxylation is 3. The Balaban J connectivity index is 1.39. The number of aliphatic hydroxyl groups excluding tert-OH is 1. The number of hydrogen-bond donors (Lipinski definition) is 1. The second-order valence-electron chi connectivity index (χ2n) is 10.7. The Labute approximate surface area is 230 Å². The second kappa shape index (κ2) is 9.00. The monoisotopic (exact) mass is 564 g/mol. The number of fused-ring (bicyclic) bond motifs is 1. The molecule has 11 nitrogen and oxygen atoms in total. The second-order valence-corrected chi connectivity index (χ2v) is 12.6. The topological polar surface area (TPSA) is 144 Å². The van der Waals surface area contributed by atoms with Gasteiger partial charge in [0.05, 0.1) is 54.8 Å². The number of β-lactam (4-membered cyclic amide) rings is 1. The van der Waals surface area contributed by atoms with Crippen LogP contribution in [-0.4, -0.2) is 63.8 Å². The summed E-state index contributed by atoms with van der Waals surface area (Å²) in [6.07, 6.45) is 5.40. The van der Waals surface area contributed by atoms with Crippen molar-refractivity contribution in [2.75, 3.05) is 6.54 Å². The van der Waals surface area contributed by atoms with Gasteiger partial charge in [0.2, 0.25) is 12.2 Å². The third kappa shape index (κ3) is 3.62. The Morgan fingerprint density at radius 2 is 1.95 bits per heavy atom. The predicted molar refractivity (Wildman–Crippen MR) is 138 cm³/mol. The van der Waals surface area contributed by atoms with Gasteiger partial charge in [-0.2, -0.15) is 0 Å². The number of imidazole rings is 1. The minimum absolute atomic E-state index is 0.0312. The molecule has 0 saturated carbocycles. The molecule has 3 aromatic rings. The van der Waals surface area contributed by atoms with E-state index in [2.05, 4.69) is 0 Å². The average molecular weight is 565 g/mol. The highest BCUT2D eigenvalue weighted by molar-refractivity contribution is 7.90. The first kappa shape index (κ1) is 26.2. The van der Waals surface area contributed by atoms with Crippen LogP contribution in [0.5, 0.6) is 0 Å². The van der Waals surface area contributed by atoms with Crippen LogP contribution >= 0.6 is 0 Å². The first-order chi connectivity index (χ1) is 18.9. The number of carbonyl (C=O) groups is 3. The minimum atomic E-state index is -4.36. The lowest BCUT2D eigenvalue weighted by Gasteiger charge is -2.47.